The minimum Gasteiger partial charge on any atom is -0.496 e. The molecule has 1 nitrogen and oxygen atoms in total. The molecule has 0 aromatic heterocycles. The van der Waals surface area contributed by atoms with E-state index < -0.39 is 11.6 Å². The molecule has 0 fully saturated rings. The topological polar surface area (TPSA) is 9.23 Å². The van der Waals surface area contributed by atoms with Crippen molar-refractivity contribution in [2.75, 3.05) is 7.11 Å². The molecule has 81 valence electrons. The van der Waals surface area contributed by atoms with Crippen molar-refractivity contribution in [1.29, 1.82) is 0 Å². The molecule has 0 aliphatic carbocycles. The second kappa shape index (κ2) is 4.31. The lowest BCUT2D eigenvalue weighted by atomic mass is 10.0. The van der Waals surface area contributed by atoms with Crippen molar-refractivity contribution in [3.8, 4) is 16.9 Å². The fourth-order valence-corrected chi connectivity index (χ4v) is 1.49. The van der Waals surface area contributed by atoms with E-state index in [1.54, 1.807) is 18.2 Å². The number of hydrogen-bond donors (Lipinski definition) is 0. The number of ether oxygens (including phenoxy) is 1. The zero-order chi connectivity index (χ0) is 11.5. The lowest BCUT2D eigenvalue weighted by Gasteiger charge is -2.06. The summed E-state index contributed by atoms with van der Waals surface area (Å²) in [5, 5.41) is 0. The highest BCUT2D eigenvalue weighted by Gasteiger charge is 2.11. The van der Waals surface area contributed by atoms with Gasteiger partial charge in [-0.05, 0) is 29.8 Å². The molecule has 0 saturated heterocycles. The van der Waals surface area contributed by atoms with E-state index in [-0.39, 0.29) is 5.56 Å². The Kier molecular flexibility index (Phi) is 2.86. The molecular weight excluding hydrogens is 210 g/mol. The van der Waals surface area contributed by atoms with Crippen LogP contribution in [0.5, 0.6) is 5.75 Å². The van der Waals surface area contributed by atoms with E-state index in [0.717, 1.165) is 0 Å². The van der Waals surface area contributed by atoms with Gasteiger partial charge in [0.05, 0.1) is 12.7 Å². The van der Waals surface area contributed by atoms with Gasteiger partial charge in [0.25, 0.3) is 0 Å². The molecule has 1 radical (unpaired) electrons. The number of methoxy groups -OCH3 is 1. The molecule has 0 N–H and O–H groups in total. The predicted molar refractivity (Wildman–Crippen MR) is 57.2 cm³/mol. The molecule has 0 aliphatic rings. The van der Waals surface area contributed by atoms with Gasteiger partial charge in [-0.1, -0.05) is 12.1 Å². The average Bonchev–Trinajstić information content (AvgIpc) is 2.29. The smallest absolute Gasteiger partial charge is 0.133 e. The van der Waals surface area contributed by atoms with Gasteiger partial charge in [0, 0.05) is 6.07 Å². The van der Waals surface area contributed by atoms with E-state index in [2.05, 4.69) is 6.07 Å². The molecule has 0 spiro atoms. The van der Waals surface area contributed by atoms with Gasteiger partial charge in [0.15, 0.2) is 0 Å². The van der Waals surface area contributed by atoms with Gasteiger partial charge in [0.1, 0.15) is 17.4 Å². The van der Waals surface area contributed by atoms with Crippen LogP contribution in [0.4, 0.5) is 8.78 Å². The Morgan fingerprint density at radius 3 is 2.44 bits per heavy atom. The molecule has 0 atom stereocenters. The second-order valence-corrected chi connectivity index (χ2v) is 3.24. The van der Waals surface area contributed by atoms with E-state index in [1.165, 1.54) is 25.3 Å². The molecule has 0 saturated carbocycles. The lowest BCUT2D eigenvalue weighted by molar-refractivity contribution is 0.414. The molecule has 2 aromatic carbocycles. The van der Waals surface area contributed by atoms with Gasteiger partial charge in [-0.2, -0.15) is 0 Å². The largest absolute Gasteiger partial charge is 0.496 e. The number of rotatable bonds is 2. The predicted octanol–water partition coefficient (Wildman–Crippen LogP) is 3.44. The highest BCUT2D eigenvalue weighted by atomic mass is 19.1. The van der Waals surface area contributed by atoms with Crippen LogP contribution in [0.25, 0.3) is 11.1 Å². The molecule has 0 aliphatic heterocycles. The van der Waals surface area contributed by atoms with Gasteiger partial charge < -0.3 is 4.74 Å². The van der Waals surface area contributed by atoms with Gasteiger partial charge in [-0.3, -0.25) is 0 Å². The van der Waals surface area contributed by atoms with Gasteiger partial charge in [-0.15, -0.1) is 0 Å². The third-order valence-corrected chi connectivity index (χ3v) is 2.25. The van der Waals surface area contributed by atoms with Crippen LogP contribution in [-0.2, 0) is 0 Å². The molecule has 0 bridgehead atoms. The molecule has 3 heteroatoms. The average molecular weight is 219 g/mol. The summed E-state index contributed by atoms with van der Waals surface area (Å²) in [5.41, 5.74) is 0.390. The SMILES string of the molecule is COc1[c]ccc(-c2c(F)cccc2F)c1. The van der Waals surface area contributed by atoms with Crippen LogP contribution in [0, 0.1) is 17.7 Å². The van der Waals surface area contributed by atoms with E-state index in [9.17, 15) is 8.78 Å². The first-order valence-corrected chi connectivity index (χ1v) is 4.72. The Bertz CT molecular complexity index is 489. The normalized spacial score (nSPS) is 10.2. The number of hydrogen-bond acceptors (Lipinski definition) is 1. The Morgan fingerprint density at radius 1 is 1.12 bits per heavy atom. The Balaban J connectivity index is 2.58. The van der Waals surface area contributed by atoms with Crippen LogP contribution in [0.3, 0.4) is 0 Å². The third kappa shape index (κ3) is 1.89. The van der Waals surface area contributed by atoms with E-state index in [1.807, 2.05) is 0 Å². The van der Waals surface area contributed by atoms with Crippen molar-refractivity contribution >= 4 is 0 Å². The zero-order valence-electron chi connectivity index (χ0n) is 8.63. The van der Waals surface area contributed by atoms with Crippen LogP contribution in [-0.4, -0.2) is 7.11 Å². The molecule has 16 heavy (non-hydrogen) atoms. The highest BCUT2D eigenvalue weighted by molar-refractivity contribution is 5.66. The maximum atomic E-state index is 13.5. The second-order valence-electron chi connectivity index (χ2n) is 3.24. The van der Waals surface area contributed by atoms with Crippen LogP contribution >= 0.6 is 0 Å². The minimum absolute atomic E-state index is 0.0465. The van der Waals surface area contributed by atoms with E-state index in [4.69, 9.17) is 4.74 Å². The summed E-state index contributed by atoms with van der Waals surface area (Å²) in [6.45, 7) is 0. The monoisotopic (exact) mass is 219 g/mol. The minimum atomic E-state index is -0.590. The summed E-state index contributed by atoms with van der Waals surface area (Å²) in [6.07, 6.45) is 0. The summed E-state index contributed by atoms with van der Waals surface area (Å²) >= 11 is 0. The fraction of sp³-hybridized carbons (Fsp3) is 0.0769. The van der Waals surface area contributed by atoms with Crippen LogP contribution in [0.1, 0.15) is 0 Å². The summed E-state index contributed by atoms with van der Waals surface area (Å²) < 4.78 is 31.9. The first-order chi connectivity index (χ1) is 7.72. The fourth-order valence-electron chi connectivity index (χ4n) is 1.49. The molecule has 2 rings (SSSR count). The third-order valence-electron chi connectivity index (χ3n) is 2.25. The number of benzene rings is 2. The summed E-state index contributed by atoms with van der Waals surface area (Å²) in [7, 11) is 1.48. The van der Waals surface area contributed by atoms with Gasteiger partial charge in [0.2, 0.25) is 0 Å². The highest BCUT2D eigenvalue weighted by Crippen LogP contribution is 2.28. The Labute approximate surface area is 92.3 Å². The van der Waals surface area contributed by atoms with Crippen LogP contribution in [0.15, 0.2) is 36.4 Å². The van der Waals surface area contributed by atoms with Crippen molar-refractivity contribution in [2.24, 2.45) is 0 Å². The van der Waals surface area contributed by atoms with Crippen molar-refractivity contribution < 1.29 is 13.5 Å². The summed E-state index contributed by atoms with van der Waals surface area (Å²) in [4.78, 5) is 0. The quantitative estimate of drug-likeness (QED) is 0.751. The maximum Gasteiger partial charge on any atom is 0.133 e. The van der Waals surface area contributed by atoms with Crippen LogP contribution < -0.4 is 4.74 Å². The zero-order valence-corrected chi connectivity index (χ0v) is 8.63. The van der Waals surface area contributed by atoms with E-state index in [0.29, 0.717) is 11.3 Å². The van der Waals surface area contributed by atoms with Gasteiger partial charge in [-0.25, -0.2) is 8.78 Å². The summed E-state index contributed by atoms with van der Waals surface area (Å²) in [5.74, 6) is -0.735. The maximum absolute atomic E-state index is 13.5. The summed E-state index contributed by atoms with van der Waals surface area (Å²) in [6, 6.07) is 11.3. The van der Waals surface area contributed by atoms with E-state index >= 15 is 0 Å². The first kappa shape index (κ1) is 10.6. The van der Waals surface area contributed by atoms with Crippen molar-refractivity contribution in [2.45, 2.75) is 0 Å². The Morgan fingerprint density at radius 2 is 1.81 bits per heavy atom. The van der Waals surface area contributed by atoms with Crippen molar-refractivity contribution in [3.63, 3.8) is 0 Å². The van der Waals surface area contributed by atoms with Crippen LogP contribution in [0.2, 0.25) is 0 Å². The first-order valence-electron chi connectivity index (χ1n) is 4.72. The number of halogens is 2. The lowest BCUT2D eigenvalue weighted by Crippen LogP contribution is -1.90. The standard InChI is InChI=1S/C13H9F2O/c1-16-10-5-2-4-9(8-10)13-11(14)6-3-7-12(13)15/h2-4,6-8H,1H3. The molecular formula is C13H9F2O. The molecule has 0 unspecified atom stereocenters. The molecule has 2 aromatic rings. The molecule has 0 amide bonds. The van der Waals surface area contributed by atoms with Crippen molar-refractivity contribution in [1.82, 2.24) is 0 Å². The van der Waals surface area contributed by atoms with Gasteiger partial charge >= 0.3 is 0 Å². The molecule has 0 heterocycles. The van der Waals surface area contributed by atoms with Crippen molar-refractivity contribution in [3.05, 3.63) is 54.1 Å². The Hall–Kier alpha value is -1.90.